The van der Waals surface area contributed by atoms with Crippen LogP contribution in [0, 0.1) is 0 Å². The van der Waals surface area contributed by atoms with Crippen LogP contribution in [0.3, 0.4) is 0 Å². The minimum atomic E-state index is -1.10. The predicted molar refractivity (Wildman–Crippen MR) is 71.0 cm³/mol. The largest absolute Gasteiger partial charge is 0.390 e. The van der Waals surface area contributed by atoms with Gasteiger partial charge in [-0.15, -0.1) is 0 Å². The molecule has 17 heavy (non-hydrogen) atoms. The highest BCUT2D eigenvalue weighted by atomic mass is 35.5. The van der Waals surface area contributed by atoms with E-state index in [1.807, 2.05) is 0 Å². The summed E-state index contributed by atoms with van der Waals surface area (Å²) >= 11 is 17.6. The van der Waals surface area contributed by atoms with Crippen LogP contribution in [0.15, 0.2) is 12.1 Å². The van der Waals surface area contributed by atoms with E-state index in [0.29, 0.717) is 23.6 Å². The molecule has 0 spiro atoms. The fraction of sp³-hybridized carbons (Fsp3) is 0.455. The number of benzene rings is 1. The van der Waals surface area contributed by atoms with Crippen molar-refractivity contribution < 1.29 is 10.2 Å². The van der Waals surface area contributed by atoms with E-state index >= 15 is 0 Å². The zero-order chi connectivity index (χ0) is 13.0. The summed E-state index contributed by atoms with van der Waals surface area (Å²) in [5.74, 6) is 0. The zero-order valence-electron chi connectivity index (χ0n) is 9.25. The summed E-state index contributed by atoms with van der Waals surface area (Å²) in [6, 6.07) is 2.99. The van der Waals surface area contributed by atoms with Crippen molar-refractivity contribution in [1.29, 1.82) is 0 Å². The Kier molecular flexibility index (Phi) is 6.00. The highest BCUT2D eigenvalue weighted by Crippen LogP contribution is 2.34. The third kappa shape index (κ3) is 3.98. The van der Waals surface area contributed by atoms with Crippen LogP contribution in [-0.4, -0.2) is 29.9 Å². The van der Waals surface area contributed by atoms with Crippen molar-refractivity contribution in [3.8, 4) is 0 Å². The molecule has 3 nitrogen and oxygen atoms in total. The molecule has 0 saturated carbocycles. The molecule has 0 bridgehead atoms. The van der Waals surface area contributed by atoms with Gasteiger partial charge in [-0.3, -0.25) is 0 Å². The van der Waals surface area contributed by atoms with Crippen LogP contribution in [0.25, 0.3) is 0 Å². The molecule has 1 aromatic rings. The molecule has 0 aliphatic carbocycles. The first-order valence-corrected chi connectivity index (χ1v) is 6.26. The first kappa shape index (κ1) is 15.0. The van der Waals surface area contributed by atoms with Crippen molar-refractivity contribution >= 4 is 34.8 Å². The van der Waals surface area contributed by atoms with Crippen LogP contribution in [0.2, 0.25) is 15.1 Å². The predicted octanol–water partition coefficient (Wildman–Crippen LogP) is 2.65. The van der Waals surface area contributed by atoms with E-state index in [4.69, 9.17) is 34.8 Å². The summed E-state index contributed by atoms with van der Waals surface area (Å²) in [5, 5.41) is 23.5. The van der Waals surface area contributed by atoms with E-state index in [1.165, 1.54) is 12.1 Å². The minimum absolute atomic E-state index is 0.215. The van der Waals surface area contributed by atoms with Gasteiger partial charge in [0.05, 0.1) is 16.1 Å². The van der Waals surface area contributed by atoms with E-state index in [-0.39, 0.29) is 10.0 Å². The molecule has 96 valence electrons. The summed E-state index contributed by atoms with van der Waals surface area (Å²) in [6.07, 6.45) is -1.63. The number of nitrogens with one attached hydrogen (secondary N) is 1. The van der Waals surface area contributed by atoms with Crippen molar-refractivity contribution in [2.24, 2.45) is 0 Å². The Labute approximate surface area is 115 Å². The molecule has 0 aliphatic rings. The lowest BCUT2D eigenvalue weighted by atomic mass is 10.0. The standard InChI is InChI=1S/C11H14Cl3NO2/c1-15-3-2-9(16)11(17)7-4-6(12)5-8(13)10(7)14/h4-5,9,11,15-17H,2-3H2,1H3. The second kappa shape index (κ2) is 6.78. The molecule has 0 heterocycles. The van der Waals surface area contributed by atoms with Crippen LogP contribution in [-0.2, 0) is 0 Å². The quantitative estimate of drug-likeness (QED) is 0.733. The van der Waals surface area contributed by atoms with Crippen LogP contribution < -0.4 is 5.32 Å². The molecule has 0 fully saturated rings. The number of rotatable bonds is 5. The highest BCUT2D eigenvalue weighted by Gasteiger charge is 2.22. The number of aliphatic hydroxyl groups is 2. The molecule has 2 unspecified atom stereocenters. The van der Waals surface area contributed by atoms with Gasteiger partial charge in [0.15, 0.2) is 0 Å². The van der Waals surface area contributed by atoms with Gasteiger partial charge >= 0.3 is 0 Å². The van der Waals surface area contributed by atoms with Crippen molar-refractivity contribution in [3.63, 3.8) is 0 Å². The average Bonchev–Trinajstić information content (AvgIpc) is 2.29. The molecule has 1 aromatic carbocycles. The van der Waals surface area contributed by atoms with Crippen LogP contribution in [0.4, 0.5) is 0 Å². The summed E-state index contributed by atoms with van der Waals surface area (Å²) in [4.78, 5) is 0. The fourth-order valence-electron chi connectivity index (χ4n) is 1.45. The van der Waals surface area contributed by atoms with E-state index < -0.39 is 12.2 Å². The van der Waals surface area contributed by atoms with E-state index in [2.05, 4.69) is 5.32 Å². The van der Waals surface area contributed by atoms with Gasteiger partial charge in [-0.1, -0.05) is 34.8 Å². The molecule has 0 saturated heterocycles. The average molecular weight is 299 g/mol. The number of aliphatic hydroxyl groups excluding tert-OH is 2. The van der Waals surface area contributed by atoms with Gasteiger partial charge in [-0.2, -0.15) is 0 Å². The van der Waals surface area contributed by atoms with Gasteiger partial charge in [-0.25, -0.2) is 0 Å². The summed E-state index contributed by atoms with van der Waals surface area (Å²) in [5.41, 5.74) is 0.341. The molecule has 0 aliphatic heterocycles. The smallest absolute Gasteiger partial charge is 0.106 e. The monoisotopic (exact) mass is 297 g/mol. The molecule has 0 aromatic heterocycles. The van der Waals surface area contributed by atoms with E-state index in [1.54, 1.807) is 7.05 Å². The second-order valence-electron chi connectivity index (χ2n) is 3.70. The van der Waals surface area contributed by atoms with Crippen LogP contribution in [0.5, 0.6) is 0 Å². The van der Waals surface area contributed by atoms with Gasteiger partial charge in [0.1, 0.15) is 6.10 Å². The van der Waals surface area contributed by atoms with Crippen molar-refractivity contribution in [1.82, 2.24) is 5.32 Å². The van der Waals surface area contributed by atoms with Crippen LogP contribution >= 0.6 is 34.8 Å². The maximum absolute atomic E-state index is 9.97. The Balaban J connectivity index is 2.91. The molecule has 2 atom stereocenters. The van der Waals surface area contributed by atoms with Crippen molar-refractivity contribution in [2.75, 3.05) is 13.6 Å². The maximum Gasteiger partial charge on any atom is 0.106 e. The lowest BCUT2D eigenvalue weighted by Crippen LogP contribution is -2.23. The first-order valence-electron chi connectivity index (χ1n) is 5.12. The number of halogens is 3. The third-order valence-electron chi connectivity index (χ3n) is 2.39. The lowest BCUT2D eigenvalue weighted by Gasteiger charge is -2.19. The Bertz CT molecular complexity index is 387. The SMILES string of the molecule is CNCCC(O)C(O)c1cc(Cl)cc(Cl)c1Cl. The Hall–Kier alpha value is -0.0300. The van der Waals surface area contributed by atoms with Crippen LogP contribution in [0.1, 0.15) is 18.1 Å². The van der Waals surface area contributed by atoms with E-state index in [9.17, 15) is 10.2 Å². The van der Waals surface area contributed by atoms with Crippen molar-refractivity contribution in [2.45, 2.75) is 18.6 Å². The molecule has 0 radical (unpaired) electrons. The summed E-state index contributed by atoms with van der Waals surface area (Å²) in [6.45, 7) is 0.587. The summed E-state index contributed by atoms with van der Waals surface area (Å²) in [7, 11) is 1.77. The Morgan fingerprint density at radius 3 is 2.47 bits per heavy atom. The molecule has 6 heteroatoms. The maximum atomic E-state index is 9.97. The minimum Gasteiger partial charge on any atom is -0.390 e. The van der Waals surface area contributed by atoms with Gasteiger partial charge in [-0.05, 0) is 32.1 Å². The molecule has 3 N–H and O–H groups in total. The van der Waals surface area contributed by atoms with Crippen molar-refractivity contribution in [3.05, 3.63) is 32.8 Å². The Morgan fingerprint density at radius 1 is 1.24 bits per heavy atom. The van der Waals surface area contributed by atoms with E-state index in [0.717, 1.165) is 0 Å². The molecular weight excluding hydrogens is 284 g/mol. The van der Waals surface area contributed by atoms with Gasteiger partial charge in [0.25, 0.3) is 0 Å². The fourth-order valence-corrected chi connectivity index (χ4v) is 2.18. The van der Waals surface area contributed by atoms with Gasteiger partial charge < -0.3 is 15.5 Å². The lowest BCUT2D eigenvalue weighted by molar-refractivity contribution is 0.0141. The number of hydrogen-bond donors (Lipinski definition) is 3. The highest BCUT2D eigenvalue weighted by molar-refractivity contribution is 6.43. The second-order valence-corrected chi connectivity index (χ2v) is 4.92. The first-order chi connectivity index (χ1) is 7.97. The normalized spacial score (nSPS) is 14.7. The molecule has 0 amide bonds. The zero-order valence-corrected chi connectivity index (χ0v) is 11.5. The molecule has 1 rings (SSSR count). The number of hydrogen-bond acceptors (Lipinski definition) is 3. The van der Waals surface area contributed by atoms with Gasteiger partial charge in [0.2, 0.25) is 0 Å². The summed E-state index contributed by atoms with van der Waals surface area (Å²) < 4.78 is 0. The molecular formula is C11H14Cl3NO2. The van der Waals surface area contributed by atoms with Gasteiger partial charge in [0, 0.05) is 10.6 Å². The Morgan fingerprint density at radius 2 is 1.88 bits per heavy atom. The topological polar surface area (TPSA) is 52.5 Å². The third-order valence-corrected chi connectivity index (χ3v) is 3.43.